The molecule has 1 unspecified atom stereocenters. The lowest BCUT2D eigenvalue weighted by Gasteiger charge is -2.18. The highest BCUT2D eigenvalue weighted by atomic mass is 16.5. The molecule has 1 N–H and O–H groups in total. The Balaban J connectivity index is 1.74. The van der Waals surface area contributed by atoms with Gasteiger partial charge in [-0.05, 0) is 55.7 Å². The maximum Gasteiger partial charge on any atom is 0.258 e. The maximum absolute atomic E-state index is 12.7. The first-order chi connectivity index (χ1) is 12.0. The van der Waals surface area contributed by atoms with E-state index in [0.717, 1.165) is 24.1 Å². The van der Waals surface area contributed by atoms with Crippen molar-refractivity contribution in [3.8, 4) is 0 Å². The number of carbonyl (C=O) groups excluding carboxylic acids is 2. The standard InChI is InChI=1S/C20H22N2O3/c1-14-6-3-9-17(12-14)22(2)20(24)15-7-4-8-16(13-15)21-19(23)18-10-5-11-25-18/h3-4,6-9,12-13,18H,5,10-11H2,1-2H3,(H,21,23). The van der Waals surface area contributed by atoms with Gasteiger partial charge in [-0.15, -0.1) is 0 Å². The number of ether oxygens (including phenoxy) is 1. The second-order valence-electron chi connectivity index (χ2n) is 6.27. The molecule has 1 heterocycles. The quantitative estimate of drug-likeness (QED) is 0.930. The first-order valence-electron chi connectivity index (χ1n) is 8.42. The van der Waals surface area contributed by atoms with Crippen LogP contribution in [0.4, 0.5) is 11.4 Å². The van der Waals surface area contributed by atoms with Gasteiger partial charge in [0.1, 0.15) is 6.10 Å². The van der Waals surface area contributed by atoms with Crippen LogP contribution in [-0.4, -0.2) is 31.6 Å². The van der Waals surface area contributed by atoms with Crippen LogP contribution in [0.2, 0.25) is 0 Å². The molecule has 1 fully saturated rings. The molecule has 0 radical (unpaired) electrons. The predicted octanol–water partition coefficient (Wildman–Crippen LogP) is 3.39. The maximum atomic E-state index is 12.7. The van der Waals surface area contributed by atoms with Gasteiger partial charge in [0.05, 0.1) is 0 Å². The molecule has 5 nitrogen and oxygen atoms in total. The zero-order valence-electron chi connectivity index (χ0n) is 14.5. The summed E-state index contributed by atoms with van der Waals surface area (Å²) in [5.41, 5.74) is 3.05. The smallest absolute Gasteiger partial charge is 0.258 e. The molecular formula is C20H22N2O3. The highest BCUT2D eigenvalue weighted by molar-refractivity contribution is 6.06. The number of amides is 2. The van der Waals surface area contributed by atoms with Gasteiger partial charge >= 0.3 is 0 Å². The molecule has 1 atom stereocenters. The Hall–Kier alpha value is -2.66. The predicted molar refractivity (Wildman–Crippen MR) is 98.0 cm³/mol. The van der Waals surface area contributed by atoms with Crippen LogP contribution in [0, 0.1) is 6.92 Å². The van der Waals surface area contributed by atoms with Crippen molar-refractivity contribution in [3.05, 3.63) is 59.7 Å². The Morgan fingerprint density at radius 3 is 2.68 bits per heavy atom. The molecule has 0 bridgehead atoms. The topological polar surface area (TPSA) is 58.6 Å². The normalized spacial score (nSPS) is 16.5. The van der Waals surface area contributed by atoms with Gasteiger partial charge in [-0.2, -0.15) is 0 Å². The number of benzene rings is 2. The van der Waals surface area contributed by atoms with Crippen LogP contribution >= 0.6 is 0 Å². The minimum absolute atomic E-state index is 0.126. The fourth-order valence-electron chi connectivity index (χ4n) is 2.88. The van der Waals surface area contributed by atoms with Crippen molar-refractivity contribution in [1.82, 2.24) is 0 Å². The van der Waals surface area contributed by atoms with Crippen LogP contribution in [0.15, 0.2) is 48.5 Å². The Morgan fingerprint density at radius 1 is 1.16 bits per heavy atom. The van der Waals surface area contributed by atoms with Crippen LogP contribution in [0.3, 0.4) is 0 Å². The molecule has 3 rings (SSSR count). The summed E-state index contributed by atoms with van der Waals surface area (Å²) in [7, 11) is 1.74. The zero-order valence-corrected chi connectivity index (χ0v) is 14.5. The number of nitrogens with one attached hydrogen (secondary N) is 1. The number of carbonyl (C=O) groups is 2. The third-order valence-electron chi connectivity index (χ3n) is 4.29. The average Bonchev–Trinajstić information content (AvgIpc) is 3.15. The number of hydrogen-bond acceptors (Lipinski definition) is 3. The number of rotatable bonds is 4. The molecule has 0 saturated carbocycles. The van der Waals surface area contributed by atoms with E-state index >= 15 is 0 Å². The molecule has 2 amide bonds. The highest BCUT2D eigenvalue weighted by Crippen LogP contribution is 2.20. The van der Waals surface area contributed by atoms with E-state index in [0.29, 0.717) is 17.9 Å². The zero-order chi connectivity index (χ0) is 17.8. The lowest BCUT2D eigenvalue weighted by atomic mass is 10.1. The Labute approximate surface area is 147 Å². The second kappa shape index (κ2) is 7.49. The van der Waals surface area contributed by atoms with Gasteiger partial charge in [-0.1, -0.05) is 18.2 Å². The molecule has 0 aliphatic carbocycles. The van der Waals surface area contributed by atoms with E-state index in [-0.39, 0.29) is 11.8 Å². The first-order valence-corrected chi connectivity index (χ1v) is 8.42. The van der Waals surface area contributed by atoms with E-state index in [2.05, 4.69) is 5.32 Å². The molecule has 2 aromatic rings. The van der Waals surface area contributed by atoms with Crippen molar-refractivity contribution in [2.45, 2.75) is 25.9 Å². The van der Waals surface area contributed by atoms with Crippen LogP contribution in [0.25, 0.3) is 0 Å². The van der Waals surface area contributed by atoms with Gasteiger partial charge in [-0.25, -0.2) is 0 Å². The van der Waals surface area contributed by atoms with E-state index in [1.165, 1.54) is 0 Å². The fourth-order valence-corrected chi connectivity index (χ4v) is 2.88. The lowest BCUT2D eigenvalue weighted by molar-refractivity contribution is -0.124. The van der Waals surface area contributed by atoms with Crippen molar-refractivity contribution < 1.29 is 14.3 Å². The van der Waals surface area contributed by atoms with Crippen LogP contribution in [0.5, 0.6) is 0 Å². The summed E-state index contributed by atoms with van der Waals surface area (Å²) in [6.07, 6.45) is 1.24. The van der Waals surface area contributed by atoms with E-state index in [9.17, 15) is 9.59 Å². The average molecular weight is 338 g/mol. The summed E-state index contributed by atoms with van der Waals surface area (Å²) in [4.78, 5) is 26.5. The highest BCUT2D eigenvalue weighted by Gasteiger charge is 2.23. The van der Waals surface area contributed by atoms with E-state index < -0.39 is 6.10 Å². The number of nitrogens with zero attached hydrogens (tertiary/aromatic N) is 1. The van der Waals surface area contributed by atoms with Crippen molar-refractivity contribution in [2.24, 2.45) is 0 Å². The van der Waals surface area contributed by atoms with Crippen LogP contribution < -0.4 is 10.2 Å². The summed E-state index contributed by atoms with van der Waals surface area (Å²) >= 11 is 0. The molecule has 2 aromatic carbocycles. The van der Waals surface area contributed by atoms with E-state index in [1.54, 1.807) is 36.2 Å². The molecule has 1 aliphatic heterocycles. The fraction of sp³-hybridized carbons (Fsp3) is 0.300. The van der Waals surface area contributed by atoms with Gasteiger partial charge in [0.25, 0.3) is 11.8 Å². The summed E-state index contributed by atoms with van der Waals surface area (Å²) in [5.74, 6) is -0.284. The molecule has 25 heavy (non-hydrogen) atoms. The molecule has 0 aromatic heterocycles. The molecule has 1 aliphatic rings. The molecular weight excluding hydrogens is 316 g/mol. The summed E-state index contributed by atoms with van der Waals surface area (Å²) in [6, 6.07) is 14.8. The second-order valence-corrected chi connectivity index (χ2v) is 6.27. The lowest BCUT2D eigenvalue weighted by Crippen LogP contribution is -2.28. The van der Waals surface area contributed by atoms with Gasteiger partial charge in [0, 0.05) is 30.6 Å². The molecule has 5 heteroatoms. The third kappa shape index (κ3) is 4.06. The number of anilines is 2. The molecule has 0 spiro atoms. The summed E-state index contributed by atoms with van der Waals surface area (Å²) in [6.45, 7) is 2.61. The van der Waals surface area contributed by atoms with Gasteiger partial charge in [0.15, 0.2) is 0 Å². The van der Waals surface area contributed by atoms with Crippen molar-refractivity contribution in [3.63, 3.8) is 0 Å². The number of hydrogen-bond donors (Lipinski definition) is 1. The Kier molecular flexibility index (Phi) is 5.14. The molecule has 1 saturated heterocycles. The third-order valence-corrected chi connectivity index (χ3v) is 4.29. The monoisotopic (exact) mass is 338 g/mol. The van der Waals surface area contributed by atoms with E-state index in [4.69, 9.17) is 4.74 Å². The minimum Gasteiger partial charge on any atom is -0.368 e. The first kappa shape index (κ1) is 17.2. The SMILES string of the molecule is Cc1cccc(N(C)C(=O)c2cccc(NC(=O)C3CCCO3)c2)c1. The van der Waals surface area contributed by atoms with Crippen LogP contribution in [-0.2, 0) is 9.53 Å². The van der Waals surface area contributed by atoms with Gasteiger partial charge in [0.2, 0.25) is 0 Å². The van der Waals surface area contributed by atoms with Crippen molar-refractivity contribution in [1.29, 1.82) is 0 Å². The van der Waals surface area contributed by atoms with Gasteiger partial charge < -0.3 is 15.0 Å². The Morgan fingerprint density at radius 2 is 1.96 bits per heavy atom. The van der Waals surface area contributed by atoms with Crippen molar-refractivity contribution in [2.75, 3.05) is 23.9 Å². The van der Waals surface area contributed by atoms with Crippen molar-refractivity contribution >= 4 is 23.2 Å². The minimum atomic E-state index is -0.394. The van der Waals surface area contributed by atoms with E-state index in [1.807, 2.05) is 31.2 Å². The Bertz CT molecular complexity index is 782. The summed E-state index contributed by atoms with van der Waals surface area (Å²) < 4.78 is 5.38. The largest absolute Gasteiger partial charge is 0.368 e. The van der Waals surface area contributed by atoms with Gasteiger partial charge in [-0.3, -0.25) is 9.59 Å². The number of aryl methyl sites for hydroxylation is 1. The van der Waals surface area contributed by atoms with Crippen LogP contribution in [0.1, 0.15) is 28.8 Å². The molecule has 130 valence electrons. The summed E-state index contributed by atoms with van der Waals surface area (Å²) in [5, 5.41) is 2.83.